The van der Waals surface area contributed by atoms with Gasteiger partial charge in [0.15, 0.2) is 0 Å². The van der Waals surface area contributed by atoms with Gasteiger partial charge in [-0.05, 0) is 67.9 Å². The molecule has 0 amide bonds. The molecule has 0 aliphatic carbocycles. The lowest BCUT2D eigenvalue weighted by Crippen LogP contribution is -2.09. The van der Waals surface area contributed by atoms with Gasteiger partial charge in [-0.3, -0.25) is 0 Å². The Bertz CT molecular complexity index is 542. The lowest BCUT2D eigenvalue weighted by Gasteiger charge is -2.22. The summed E-state index contributed by atoms with van der Waals surface area (Å²) in [4.78, 5) is 0. The summed E-state index contributed by atoms with van der Waals surface area (Å²) in [6.07, 6.45) is 24.2. The molecule has 1 heteroatoms. The van der Waals surface area contributed by atoms with E-state index in [-0.39, 0.29) is 0 Å². The molecule has 1 aromatic carbocycles. The van der Waals surface area contributed by atoms with E-state index in [1.165, 1.54) is 126 Å². The van der Waals surface area contributed by atoms with Crippen molar-refractivity contribution < 1.29 is 5.11 Å². The molecule has 0 radical (unpaired) electrons. The molecule has 0 aliphatic rings. The zero-order chi connectivity index (χ0) is 24.2. The van der Waals surface area contributed by atoms with Crippen molar-refractivity contribution in [1.82, 2.24) is 0 Å². The summed E-state index contributed by atoms with van der Waals surface area (Å²) in [6.45, 7) is 13.9. The molecular formula is C31H58O. The summed E-state index contributed by atoms with van der Waals surface area (Å²) in [6, 6.07) is 2.43. The van der Waals surface area contributed by atoms with Crippen LogP contribution in [0, 0.1) is 33.6 Å². The third-order valence-electron chi connectivity index (χ3n) is 7.44. The Kier molecular flexibility index (Phi) is 20.2. The number of rotatable bonds is 18. The average Bonchev–Trinajstić information content (AvgIpc) is 2.80. The molecule has 1 nitrogen and oxygen atoms in total. The number of benzene rings is 1. The summed E-state index contributed by atoms with van der Waals surface area (Å²) >= 11 is 0. The predicted octanol–water partition coefficient (Wildman–Crippen LogP) is 9.97. The van der Waals surface area contributed by atoms with Gasteiger partial charge in [0.1, 0.15) is 0 Å². The predicted molar refractivity (Wildman–Crippen MR) is 146 cm³/mol. The Morgan fingerprint density at radius 1 is 0.562 bits per heavy atom. The van der Waals surface area contributed by atoms with Gasteiger partial charge < -0.3 is 5.11 Å². The smallest absolute Gasteiger partial charge is 0.0319 e. The summed E-state index contributed by atoms with van der Waals surface area (Å²) in [5, 5.41) is 7.00. The number of hydrogen-bond donors (Lipinski definition) is 1. The number of aliphatic hydroxyl groups is 1. The number of aliphatic hydroxyl groups excluding tert-OH is 1. The second-order valence-corrected chi connectivity index (χ2v) is 10.1. The maximum atomic E-state index is 7.00. The van der Waals surface area contributed by atoms with E-state index in [0.717, 1.165) is 13.0 Å². The van der Waals surface area contributed by atoms with Gasteiger partial charge in [0, 0.05) is 7.11 Å². The van der Waals surface area contributed by atoms with Crippen LogP contribution in [0.25, 0.3) is 0 Å². The minimum atomic E-state index is 0.885. The molecule has 0 spiro atoms. The molecule has 0 aromatic heterocycles. The lowest BCUT2D eigenvalue weighted by molar-refractivity contribution is 0.399. The van der Waals surface area contributed by atoms with Crippen LogP contribution >= 0.6 is 0 Å². The highest BCUT2D eigenvalue weighted by atomic mass is 16.2. The van der Waals surface area contributed by atoms with Crippen LogP contribution in [0.4, 0.5) is 0 Å². The van der Waals surface area contributed by atoms with Crippen LogP contribution in [0.5, 0.6) is 0 Å². The monoisotopic (exact) mass is 446 g/mol. The third-order valence-corrected chi connectivity index (χ3v) is 7.44. The second kappa shape index (κ2) is 20.8. The first kappa shape index (κ1) is 31.2. The second-order valence-electron chi connectivity index (χ2n) is 10.1. The maximum absolute atomic E-state index is 7.00. The summed E-state index contributed by atoms with van der Waals surface area (Å²) in [7, 11) is 1.00. The van der Waals surface area contributed by atoms with E-state index in [1.807, 2.05) is 0 Å². The van der Waals surface area contributed by atoms with Gasteiger partial charge >= 0.3 is 0 Å². The van der Waals surface area contributed by atoms with E-state index in [2.05, 4.69) is 47.6 Å². The van der Waals surface area contributed by atoms with E-state index >= 15 is 0 Å². The summed E-state index contributed by atoms with van der Waals surface area (Å²) in [5.41, 5.74) is 7.73. The molecular weight excluding hydrogens is 388 g/mol. The van der Waals surface area contributed by atoms with E-state index in [4.69, 9.17) is 5.11 Å². The molecule has 1 N–H and O–H groups in total. The van der Waals surface area contributed by atoms with Crippen molar-refractivity contribution in [3.63, 3.8) is 0 Å². The highest BCUT2D eigenvalue weighted by Gasteiger charge is 2.15. The molecule has 1 aromatic rings. The number of aryl methyl sites for hydroxylation is 2. The summed E-state index contributed by atoms with van der Waals surface area (Å²) in [5.74, 6) is 0.885. The van der Waals surface area contributed by atoms with Crippen molar-refractivity contribution in [1.29, 1.82) is 0 Å². The quantitative estimate of drug-likeness (QED) is 0.222. The Balaban J connectivity index is 0.00000466. The molecule has 0 aliphatic heterocycles. The summed E-state index contributed by atoms with van der Waals surface area (Å²) < 4.78 is 0. The van der Waals surface area contributed by atoms with Gasteiger partial charge in [-0.1, -0.05) is 123 Å². The van der Waals surface area contributed by atoms with Crippen molar-refractivity contribution in [2.24, 2.45) is 5.92 Å². The van der Waals surface area contributed by atoms with Crippen LogP contribution in [0.3, 0.4) is 0 Å². The Morgan fingerprint density at radius 3 is 1.41 bits per heavy atom. The first-order valence-corrected chi connectivity index (χ1v) is 14.0. The van der Waals surface area contributed by atoms with Crippen molar-refractivity contribution in [3.05, 3.63) is 33.9 Å². The molecule has 0 unspecified atom stereocenters. The third kappa shape index (κ3) is 13.7. The van der Waals surface area contributed by atoms with E-state index in [0.29, 0.717) is 0 Å². The van der Waals surface area contributed by atoms with E-state index in [1.54, 1.807) is 11.1 Å². The van der Waals surface area contributed by atoms with Gasteiger partial charge in [-0.25, -0.2) is 0 Å². The van der Waals surface area contributed by atoms with E-state index in [9.17, 15) is 0 Å². The zero-order valence-corrected chi connectivity index (χ0v) is 23.1. The largest absolute Gasteiger partial charge is 0.400 e. The first-order valence-electron chi connectivity index (χ1n) is 14.0. The normalized spacial score (nSPS) is 11.0. The lowest BCUT2D eigenvalue weighted by atomic mass is 9.84. The van der Waals surface area contributed by atoms with Crippen LogP contribution in [-0.4, -0.2) is 12.2 Å². The minimum Gasteiger partial charge on any atom is -0.400 e. The zero-order valence-electron chi connectivity index (χ0n) is 23.1. The SMILES string of the molecule is CCCCCCCCCC(CCCCCCCCC)Cc1c(C)cc(C)c(C)c1C.CO. The van der Waals surface area contributed by atoms with Crippen molar-refractivity contribution >= 4 is 0 Å². The molecule has 0 bridgehead atoms. The molecule has 0 atom stereocenters. The molecule has 0 saturated carbocycles. The van der Waals surface area contributed by atoms with Crippen molar-refractivity contribution in [2.45, 2.75) is 151 Å². The molecule has 32 heavy (non-hydrogen) atoms. The molecule has 0 fully saturated rings. The standard InChI is InChI=1S/C30H54.CH4O/c1-7-9-11-13-15-17-19-21-29(22-20-18-16-14-12-10-8-2)24-30-26(4)23-25(3)27(5)28(30)6;1-2/h23,29H,7-22,24H2,1-6H3;2H,1H3. The van der Waals surface area contributed by atoms with Crippen molar-refractivity contribution in [2.75, 3.05) is 7.11 Å². The Labute approximate surface area is 202 Å². The van der Waals surface area contributed by atoms with Gasteiger partial charge in [0.2, 0.25) is 0 Å². The van der Waals surface area contributed by atoms with Gasteiger partial charge in [0.05, 0.1) is 0 Å². The first-order chi connectivity index (χ1) is 15.5. The Hall–Kier alpha value is -0.820. The van der Waals surface area contributed by atoms with Crippen LogP contribution in [0.2, 0.25) is 0 Å². The van der Waals surface area contributed by atoms with Gasteiger partial charge in [-0.2, -0.15) is 0 Å². The fraction of sp³-hybridized carbons (Fsp3) is 0.806. The van der Waals surface area contributed by atoms with Crippen LogP contribution in [0.15, 0.2) is 6.07 Å². The molecule has 188 valence electrons. The van der Waals surface area contributed by atoms with Gasteiger partial charge in [0.25, 0.3) is 0 Å². The van der Waals surface area contributed by atoms with Crippen molar-refractivity contribution in [3.8, 4) is 0 Å². The Morgan fingerprint density at radius 2 is 0.969 bits per heavy atom. The molecule has 0 saturated heterocycles. The minimum absolute atomic E-state index is 0.885. The highest BCUT2D eigenvalue weighted by Crippen LogP contribution is 2.29. The molecule has 0 heterocycles. The number of hydrogen-bond acceptors (Lipinski definition) is 1. The fourth-order valence-corrected chi connectivity index (χ4v) is 5.07. The number of unbranched alkanes of at least 4 members (excludes halogenated alkanes) is 12. The van der Waals surface area contributed by atoms with Crippen LogP contribution < -0.4 is 0 Å². The van der Waals surface area contributed by atoms with Gasteiger partial charge in [-0.15, -0.1) is 0 Å². The van der Waals surface area contributed by atoms with Crippen LogP contribution in [0.1, 0.15) is 144 Å². The highest BCUT2D eigenvalue weighted by molar-refractivity contribution is 5.44. The average molecular weight is 447 g/mol. The topological polar surface area (TPSA) is 20.2 Å². The van der Waals surface area contributed by atoms with Crippen LogP contribution in [-0.2, 0) is 6.42 Å². The maximum Gasteiger partial charge on any atom is 0.0319 e. The van der Waals surface area contributed by atoms with E-state index < -0.39 is 0 Å². The fourth-order valence-electron chi connectivity index (χ4n) is 5.07. The molecule has 1 rings (SSSR count).